The van der Waals surface area contributed by atoms with Gasteiger partial charge in [0.05, 0.1) is 48.0 Å². The van der Waals surface area contributed by atoms with E-state index in [-0.39, 0.29) is 9.92 Å². The van der Waals surface area contributed by atoms with E-state index in [0.29, 0.717) is 23.2 Å². The van der Waals surface area contributed by atoms with Crippen LogP contribution in [0.3, 0.4) is 0 Å². The molecule has 1 fully saturated rings. The Morgan fingerprint density at radius 3 is 2.33 bits per heavy atom. The van der Waals surface area contributed by atoms with Gasteiger partial charge in [0.25, 0.3) is 0 Å². The smallest absolute Gasteiger partial charge is 0.229 e. The third-order valence-electron chi connectivity index (χ3n) is 7.81. The van der Waals surface area contributed by atoms with E-state index in [0.717, 1.165) is 71.0 Å². The monoisotopic (exact) mass is 614 g/mol. The zero-order valence-corrected chi connectivity index (χ0v) is 26.0. The lowest BCUT2D eigenvalue weighted by Gasteiger charge is -2.29. The molecule has 2 aromatic carbocycles. The molecule has 0 spiro atoms. The number of para-hydroxylation sites is 1. The number of morpholine rings is 1. The molecular weight excluding hydrogens is 576 g/mol. The summed E-state index contributed by atoms with van der Waals surface area (Å²) in [5.41, 5.74) is 3.72. The van der Waals surface area contributed by atoms with E-state index in [2.05, 4.69) is 42.5 Å². The number of methoxy groups -OCH3 is 1. The number of hydrogen-bond acceptors (Lipinski definition) is 10. The van der Waals surface area contributed by atoms with Crippen molar-refractivity contribution in [3.05, 3.63) is 58.7 Å². The highest BCUT2D eigenvalue weighted by Crippen LogP contribution is 2.34. The number of halogens is 1. The van der Waals surface area contributed by atoms with Gasteiger partial charge in [-0.3, -0.25) is 4.90 Å². The molecule has 0 saturated carbocycles. The van der Waals surface area contributed by atoms with Crippen molar-refractivity contribution in [2.75, 3.05) is 70.2 Å². The molecule has 12 heteroatoms. The fourth-order valence-corrected chi connectivity index (χ4v) is 6.57. The molecule has 0 unspecified atom stereocenters. The number of nitrogens with one attached hydrogen (secondary N) is 2. The molecule has 10 nitrogen and oxygen atoms in total. The van der Waals surface area contributed by atoms with Crippen molar-refractivity contribution in [2.45, 2.75) is 36.8 Å². The van der Waals surface area contributed by atoms with Crippen LogP contribution in [0.4, 0.5) is 23.1 Å². The third-order valence-corrected chi connectivity index (χ3v) is 10.3. The lowest BCUT2D eigenvalue weighted by molar-refractivity contribution is 0.0335. The summed E-state index contributed by atoms with van der Waals surface area (Å²) < 4.78 is 37.1. The van der Waals surface area contributed by atoms with E-state index in [1.807, 2.05) is 0 Å². The molecule has 226 valence electrons. The molecule has 0 aliphatic carbocycles. The van der Waals surface area contributed by atoms with E-state index in [1.165, 1.54) is 17.3 Å². The van der Waals surface area contributed by atoms with Crippen LogP contribution in [0.5, 0.6) is 5.75 Å². The Hall–Kier alpha value is -2.96. The van der Waals surface area contributed by atoms with Gasteiger partial charge in [0.2, 0.25) is 5.95 Å². The van der Waals surface area contributed by atoms with Crippen LogP contribution < -0.4 is 15.4 Å². The van der Waals surface area contributed by atoms with Crippen LogP contribution in [0.1, 0.15) is 25.0 Å². The molecule has 2 aliphatic rings. The number of sulfone groups is 1. The van der Waals surface area contributed by atoms with E-state index >= 15 is 0 Å². The summed E-state index contributed by atoms with van der Waals surface area (Å²) in [6, 6.07) is 11.0. The molecule has 2 N–H and O–H groups in total. The van der Waals surface area contributed by atoms with Gasteiger partial charge in [0.1, 0.15) is 10.8 Å². The van der Waals surface area contributed by atoms with Crippen molar-refractivity contribution < 1.29 is 17.9 Å². The zero-order valence-electron chi connectivity index (χ0n) is 24.4. The first kappa shape index (κ1) is 30.5. The predicted octanol–water partition coefficient (Wildman–Crippen LogP) is 4.54. The van der Waals surface area contributed by atoms with Gasteiger partial charge >= 0.3 is 0 Å². The molecule has 3 heterocycles. The van der Waals surface area contributed by atoms with Crippen LogP contribution in [-0.2, 0) is 27.4 Å². The van der Waals surface area contributed by atoms with Crippen molar-refractivity contribution in [1.82, 2.24) is 19.8 Å². The summed E-state index contributed by atoms with van der Waals surface area (Å²) in [5, 5.41) is 6.09. The van der Waals surface area contributed by atoms with Gasteiger partial charge in [0, 0.05) is 39.3 Å². The second kappa shape index (κ2) is 13.6. The molecule has 5 rings (SSSR count). The summed E-state index contributed by atoms with van der Waals surface area (Å²) in [5.74, 6) is 1.31. The Labute approximate surface area is 253 Å². The summed E-state index contributed by atoms with van der Waals surface area (Å²) in [4.78, 5) is 14.2. The van der Waals surface area contributed by atoms with Gasteiger partial charge < -0.3 is 25.0 Å². The topological polar surface area (TPSA) is 109 Å². The van der Waals surface area contributed by atoms with Gasteiger partial charge in [-0.15, -0.1) is 0 Å². The van der Waals surface area contributed by atoms with Crippen molar-refractivity contribution >= 4 is 44.6 Å². The fourth-order valence-electron chi connectivity index (χ4n) is 5.23. The largest absolute Gasteiger partial charge is 0.495 e. The minimum atomic E-state index is -3.53. The third kappa shape index (κ3) is 7.15. The number of benzene rings is 2. The maximum atomic E-state index is 12.9. The van der Waals surface area contributed by atoms with Crippen LogP contribution in [0, 0.1) is 0 Å². The number of ether oxygens (including phenoxy) is 2. The minimum Gasteiger partial charge on any atom is -0.495 e. The number of fused-ring (bicyclic) bond motifs is 1. The summed E-state index contributed by atoms with van der Waals surface area (Å²) in [7, 11) is -1.87. The lowest BCUT2D eigenvalue weighted by Crippen LogP contribution is -2.42. The standard InChI is InChI=1S/C30H39ClN6O4S/c1-21(2)42(38,39)28-7-5-4-6-25(28)33-29-24(31)20-32-30(35-29)34-26-18-22-8-10-36(11-9-23(22)19-27(26)40-3)12-13-37-14-16-41-17-15-37/h4-7,18-21H,8-17H2,1-3H3,(H2,32,33,34,35). The second-order valence-corrected chi connectivity index (χ2v) is 13.7. The molecule has 0 radical (unpaired) electrons. The van der Waals surface area contributed by atoms with Crippen molar-refractivity contribution in [3.8, 4) is 5.75 Å². The predicted molar refractivity (Wildman–Crippen MR) is 166 cm³/mol. The highest BCUT2D eigenvalue weighted by atomic mass is 35.5. The van der Waals surface area contributed by atoms with Gasteiger partial charge in [0.15, 0.2) is 15.7 Å². The molecule has 42 heavy (non-hydrogen) atoms. The minimum absolute atomic E-state index is 0.190. The summed E-state index contributed by atoms with van der Waals surface area (Å²) >= 11 is 6.44. The van der Waals surface area contributed by atoms with Gasteiger partial charge in [-0.2, -0.15) is 4.98 Å². The van der Waals surface area contributed by atoms with E-state index in [1.54, 1.807) is 45.2 Å². The van der Waals surface area contributed by atoms with E-state index < -0.39 is 15.1 Å². The molecular formula is C30H39ClN6O4S. The molecule has 0 bridgehead atoms. The highest BCUT2D eigenvalue weighted by molar-refractivity contribution is 7.92. The Balaban J connectivity index is 1.32. The molecule has 0 amide bonds. The average molecular weight is 615 g/mol. The van der Waals surface area contributed by atoms with Crippen LogP contribution in [-0.4, -0.2) is 93.0 Å². The van der Waals surface area contributed by atoms with Crippen LogP contribution in [0.25, 0.3) is 0 Å². The maximum absolute atomic E-state index is 12.9. The number of anilines is 4. The Morgan fingerprint density at radius 2 is 1.64 bits per heavy atom. The highest BCUT2D eigenvalue weighted by Gasteiger charge is 2.23. The first-order chi connectivity index (χ1) is 20.2. The van der Waals surface area contributed by atoms with Crippen molar-refractivity contribution in [1.29, 1.82) is 0 Å². The van der Waals surface area contributed by atoms with Crippen LogP contribution >= 0.6 is 11.6 Å². The zero-order chi connectivity index (χ0) is 29.7. The molecule has 3 aromatic rings. The van der Waals surface area contributed by atoms with E-state index in [4.69, 9.17) is 21.1 Å². The average Bonchev–Trinajstić information content (AvgIpc) is 3.19. The first-order valence-corrected chi connectivity index (χ1v) is 16.3. The number of nitrogens with zero attached hydrogens (tertiary/aromatic N) is 4. The Kier molecular flexibility index (Phi) is 9.85. The van der Waals surface area contributed by atoms with E-state index in [9.17, 15) is 8.42 Å². The quantitative estimate of drug-likeness (QED) is 0.338. The molecule has 0 atom stereocenters. The number of aromatic nitrogens is 2. The van der Waals surface area contributed by atoms with Crippen LogP contribution in [0.15, 0.2) is 47.5 Å². The fraction of sp³-hybridized carbons (Fsp3) is 0.467. The second-order valence-electron chi connectivity index (χ2n) is 10.8. The van der Waals surface area contributed by atoms with Gasteiger partial charge in [-0.25, -0.2) is 13.4 Å². The van der Waals surface area contributed by atoms with Gasteiger partial charge in [-0.1, -0.05) is 23.7 Å². The lowest BCUT2D eigenvalue weighted by atomic mass is 10.0. The normalized spacial score (nSPS) is 16.6. The number of hydrogen-bond donors (Lipinski definition) is 2. The molecule has 1 saturated heterocycles. The number of rotatable bonds is 10. The Morgan fingerprint density at radius 1 is 0.976 bits per heavy atom. The van der Waals surface area contributed by atoms with Crippen molar-refractivity contribution in [3.63, 3.8) is 0 Å². The van der Waals surface area contributed by atoms with Crippen LogP contribution in [0.2, 0.25) is 5.02 Å². The summed E-state index contributed by atoms with van der Waals surface area (Å²) in [6.07, 6.45) is 3.38. The maximum Gasteiger partial charge on any atom is 0.229 e. The molecule has 2 aliphatic heterocycles. The summed E-state index contributed by atoms with van der Waals surface area (Å²) in [6.45, 7) is 11.1. The Bertz CT molecular complexity index is 1500. The SMILES string of the molecule is COc1cc2c(cc1Nc1ncc(Cl)c(Nc3ccccc3S(=O)(=O)C(C)C)n1)CCN(CCN1CCOCC1)CC2. The molecule has 1 aromatic heterocycles. The van der Waals surface area contributed by atoms with Gasteiger partial charge in [-0.05, 0) is 62.1 Å². The first-order valence-electron chi connectivity index (χ1n) is 14.4. The van der Waals surface area contributed by atoms with Crippen molar-refractivity contribution in [2.24, 2.45) is 0 Å².